The highest BCUT2D eigenvalue weighted by Crippen LogP contribution is 2.24. The molecule has 3 rings (SSSR count). The number of carbonyl (C=O) groups excluding carboxylic acids is 2. The molecule has 1 aromatic carbocycles. The Bertz CT molecular complexity index is 1070. The number of fused-ring (bicyclic) bond motifs is 1. The number of carbonyl (C=O) groups is 2. The Labute approximate surface area is 129 Å². The second kappa shape index (κ2) is 4.80. The van der Waals surface area contributed by atoms with E-state index in [1.54, 1.807) is 0 Å². The summed E-state index contributed by atoms with van der Waals surface area (Å²) in [6.07, 6.45) is -4.19. The molecule has 1 atom stereocenters. The first-order valence-corrected chi connectivity index (χ1v) is 6.11. The minimum absolute atomic E-state index is 0.199. The molecular weight excluding hydrogens is 270 g/mol. The van der Waals surface area contributed by atoms with Gasteiger partial charge in [-0.15, -0.1) is 0 Å². The lowest BCUT2D eigenvalue weighted by Crippen LogP contribution is -2.36. The van der Waals surface area contributed by atoms with Gasteiger partial charge in [-0.2, -0.15) is 0 Å². The lowest BCUT2D eigenvalue weighted by molar-refractivity contribution is -0.132. The van der Waals surface area contributed by atoms with E-state index in [-0.39, 0.29) is 23.3 Å². The summed E-state index contributed by atoms with van der Waals surface area (Å²) in [5, 5.41) is -0.392. The molecule has 0 spiro atoms. The number of rotatable bonds is 1. The highest BCUT2D eigenvalue weighted by molar-refractivity contribution is 6.03. The molecule has 0 aliphatic heterocycles. The van der Waals surface area contributed by atoms with Crippen LogP contribution in [0.5, 0.6) is 0 Å². The minimum atomic E-state index is -2.82. The van der Waals surface area contributed by atoms with Crippen molar-refractivity contribution in [3.05, 3.63) is 34.3 Å². The molecule has 1 heterocycles. The Morgan fingerprint density at radius 2 is 2.33 bits per heavy atom. The molecule has 1 aliphatic rings. The fourth-order valence-electron chi connectivity index (χ4n) is 2.21. The number of Topliss-reactive ketones (excluding diaryl/α,β-unsaturated/α-hetero) is 2. The standard InChI is InChI=1S/C15H15N3O3/c1-8-17-11-4-2-3-10(16)14(11)15(21)18(8)12-6-5-9(19)7-13(12)20/h2-4,12H,5-7,16H2,1H3/i1D,3D,4D,6D2,12D. The lowest BCUT2D eigenvalue weighted by atomic mass is 9.92. The first-order chi connectivity index (χ1) is 12.5. The van der Waals surface area contributed by atoms with Gasteiger partial charge in [0.05, 0.1) is 27.5 Å². The number of hydrogen-bond acceptors (Lipinski definition) is 5. The number of nitrogen functional groups attached to an aromatic ring is 1. The van der Waals surface area contributed by atoms with Crippen molar-refractivity contribution in [1.29, 1.82) is 0 Å². The molecule has 2 N–H and O–H groups in total. The van der Waals surface area contributed by atoms with E-state index in [2.05, 4.69) is 4.98 Å². The summed E-state index contributed by atoms with van der Waals surface area (Å²) >= 11 is 0. The molecule has 0 radical (unpaired) electrons. The maximum Gasteiger partial charge on any atom is 0.264 e. The van der Waals surface area contributed by atoms with Crippen molar-refractivity contribution >= 4 is 28.2 Å². The second-order valence-corrected chi connectivity index (χ2v) is 4.58. The predicted molar refractivity (Wildman–Crippen MR) is 78.1 cm³/mol. The molecule has 108 valence electrons. The molecule has 0 saturated heterocycles. The third-order valence-corrected chi connectivity index (χ3v) is 3.16. The summed E-state index contributed by atoms with van der Waals surface area (Å²) in [6, 6.07) is -2.37. The van der Waals surface area contributed by atoms with Crippen LogP contribution in [0.1, 0.15) is 39.3 Å². The number of benzene rings is 1. The van der Waals surface area contributed by atoms with Gasteiger partial charge in [-0.25, -0.2) is 4.98 Å². The summed E-state index contributed by atoms with van der Waals surface area (Å²) in [5.74, 6) is -2.23. The van der Waals surface area contributed by atoms with Crippen molar-refractivity contribution in [1.82, 2.24) is 9.55 Å². The summed E-state index contributed by atoms with van der Waals surface area (Å²) in [7, 11) is 0. The van der Waals surface area contributed by atoms with Crippen LogP contribution in [0.4, 0.5) is 5.69 Å². The zero-order valence-corrected chi connectivity index (χ0v) is 10.9. The molecule has 1 aliphatic carbocycles. The second-order valence-electron chi connectivity index (χ2n) is 4.58. The Balaban J connectivity index is 2.50. The Morgan fingerprint density at radius 3 is 3.05 bits per heavy atom. The summed E-state index contributed by atoms with van der Waals surface area (Å²) in [6.45, 7) is -0.676. The summed E-state index contributed by atoms with van der Waals surface area (Å²) in [5.41, 5.74) is 4.16. The largest absolute Gasteiger partial charge is 0.398 e. The van der Waals surface area contributed by atoms with Crippen LogP contribution >= 0.6 is 0 Å². The first-order valence-electron chi connectivity index (χ1n) is 9.32. The highest BCUT2D eigenvalue weighted by atomic mass is 16.2. The van der Waals surface area contributed by atoms with E-state index in [0.717, 1.165) is 6.07 Å². The van der Waals surface area contributed by atoms with Gasteiger partial charge in [0.25, 0.3) is 5.56 Å². The maximum absolute atomic E-state index is 13.1. The van der Waals surface area contributed by atoms with E-state index < -0.39 is 60.5 Å². The Morgan fingerprint density at radius 1 is 1.52 bits per heavy atom. The van der Waals surface area contributed by atoms with E-state index >= 15 is 0 Å². The number of nitrogens with zero attached hydrogens (tertiary/aromatic N) is 2. The van der Waals surface area contributed by atoms with Crippen molar-refractivity contribution in [2.45, 2.75) is 32.1 Å². The number of aromatic nitrogens is 2. The SMILES string of the molecule is [2H]Cc1nc2c([2H])cc([2H])c(N)c2c(=O)n1C1([2H])C(=O)CC(=O)CC1([2H])[2H]. The third kappa shape index (κ3) is 2.12. The van der Waals surface area contributed by atoms with Crippen molar-refractivity contribution in [3.8, 4) is 0 Å². The molecule has 1 aromatic heterocycles. The predicted octanol–water partition coefficient (Wildman–Crippen LogP) is 1.15. The highest BCUT2D eigenvalue weighted by Gasteiger charge is 2.30. The average Bonchev–Trinajstić information content (AvgIpc) is 2.56. The van der Waals surface area contributed by atoms with Gasteiger partial charge in [-0.3, -0.25) is 19.0 Å². The smallest absolute Gasteiger partial charge is 0.264 e. The molecular formula is C15H15N3O3. The van der Waals surface area contributed by atoms with Gasteiger partial charge in [0.15, 0.2) is 5.78 Å². The molecule has 21 heavy (non-hydrogen) atoms. The van der Waals surface area contributed by atoms with Crippen molar-refractivity contribution in [2.75, 3.05) is 5.73 Å². The molecule has 6 nitrogen and oxygen atoms in total. The summed E-state index contributed by atoms with van der Waals surface area (Å²) < 4.78 is 48.4. The number of anilines is 1. The number of nitrogens with two attached hydrogens (primary N) is 1. The molecule has 1 saturated carbocycles. The van der Waals surface area contributed by atoms with Gasteiger partial charge in [0.2, 0.25) is 0 Å². The van der Waals surface area contributed by atoms with Crippen molar-refractivity contribution in [3.63, 3.8) is 0 Å². The molecule has 2 aromatic rings. The van der Waals surface area contributed by atoms with Gasteiger partial charge in [-0.1, -0.05) is 6.07 Å². The fraction of sp³-hybridized carbons (Fsp3) is 0.333. The normalized spacial score (nSPS) is 29.1. The van der Waals surface area contributed by atoms with Gasteiger partial charge in [0.1, 0.15) is 11.6 Å². The Kier molecular flexibility index (Phi) is 1.84. The first kappa shape index (κ1) is 8.07. The minimum Gasteiger partial charge on any atom is -0.398 e. The Hall–Kier alpha value is -2.50. The molecule has 6 heteroatoms. The van der Waals surface area contributed by atoms with E-state index in [4.69, 9.17) is 14.0 Å². The quantitative estimate of drug-likeness (QED) is 0.628. The lowest BCUT2D eigenvalue weighted by Gasteiger charge is -2.24. The van der Waals surface area contributed by atoms with Crippen LogP contribution in [0.25, 0.3) is 10.9 Å². The van der Waals surface area contributed by atoms with Crippen LogP contribution < -0.4 is 11.3 Å². The van der Waals surface area contributed by atoms with E-state index in [9.17, 15) is 14.4 Å². The third-order valence-electron chi connectivity index (χ3n) is 3.16. The molecule has 1 unspecified atom stereocenters. The monoisotopic (exact) mass is 291 g/mol. The van der Waals surface area contributed by atoms with E-state index in [1.165, 1.54) is 0 Å². The summed E-state index contributed by atoms with van der Waals surface area (Å²) in [4.78, 5) is 41.3. The number of aryl methyl sites for hydroxylation is 1. The van der Waals surface area contributed by atoms with Crippen LogP contribution in [0.3, 0.4) is 0 Å². The zero-order valence-electron chi connectivity index (χ0n) is 16.9. The number of hydrogen-bond donors (Lipinski definition) is 1. The van der Waals surface area contributed by atoms with E-state index in [0.29, 0.717) is 4.57 Å². The van der Waals surface area contributed by atoms with Gasteiger partial charge in [-0.05, 0) is 25.4 Å². The fourth-order valence-corrected chi connectivity index (χ4v) is 2.21. The van der Waals surface area contributed by atoms with Crippen molar-refractivity contribution in [2.24, 2.45) is 0 Å². The molecule has 1 fully saturated rings. The molecule has 0 bridgehead atoms. The van der Waals surface area contributed by atoms with E-state index in [1.807, 2.05) is 0 Å². The van der Waals surface area contributed by atoms with Crippen LogP contribution in [-0.2, 0) is 9.59 Å². The molecule has 0 amide bonds. The van der Waals surface area contributed by atoms with Crippen LogP contribution in [0, 0.1) is 6.90 Å². The van der Waals surface area contributed by atoms with Crippen molar-refractivity contribution < 1.29 is 17.8 Å². The average molecular weight is 291 g/mol. The van der Waals surface area contributed by atoms with Crippen LogP contribution in [0.15, 0.2) is 22.9 Å². The zero-order chi connectivity index (χ0) is 20.3. The van der Waals surface area contributed by atoms with Crippen LogP contribution in [-0.4, -0.2) is 21.1 Å². The van der Waals surface area contributed by atoms with Gasteiger partial charge < -0.3 is 5.73 Å². The topological polar surface area (TPSA) is 95.0 Å². The number of ketones is 2. The maximum atomic E-state index is 13.1. The van der Waals surface area contributed by atoms with Gasteiger partial charge in [0, 0.05) is 16.2 Å². The van der Waals surface area contributed by atoms with Crippen LogP contribution in [0.2, 0.25) is 0 Å². The van der Waals surface area contributed by atoms with Gasteiger partial charge >= 0.3 is 0 Å².